The van der Waals surface area contributed by atoms with E-state index in [-0.39, 0.29) is 25.1 Å². The normalized spacial score (nSPS) is 16.3. The Kier molecular flexibility index (Phi) is 7.32. The molecule has 5 heteroatoms. The fraction of sp³-hybridized carbons (Fsp3) is 0.600. The summed E-state index contributed by atoms with van der Waals surface area (Å²) in [5, 5.41) is 24.4. The van der Waals surface area contributed by atoms with Crippen LogP contribution in [0.3, 0.4) is 0 Å². The molecule has 1 aliphatic carbocycles. The number of hydrogen-bond acceptors (Lipinski definition) is 3. The van der Waals surface area contributed by atoms with Crippen LogP contribution in [0.1, 0.15) is 43.0 Å². The van der Waals surface area contributed by atoms with E-state index in [0.717, 1.165) is 19.3 Å². The summed E-state index contributed by atoms with van der Waals surface area (Å²) in [6.07, 6.45) is 5.17. The minimum atomic E-state index is -0.450. The molecule has 140 valence electrons. The van der Waals surface area contributed by atoms with Gasteiger partial charge in [-0.3, -0.25) is 0 Å². The third kappa shape index (κ3) is 4.37. The number of nitrogens with one attached hydrogen (secondary N) is 1. The van der Waals surface area contributed by atoms with Crippen molar-refractivity contribution in [3.63, 3.8) is 0 Å². The van der Waals surface area contributed by atoms with Gasteiger partial charge < -0.3 is 20.1 Å². The number of nitrogens with zero attached hydrogens (tertiary/aromatic N) is 1. The van der Waals surface area contributed by atoms with Crippen LogP contribution in [-0.2, 0) is 19.4 Å². The summed E-state index contributed by atoms with van der Waals surface area (Å²) in [5.41, 5.74) is 5.45. The lowest BCUT2D eigenvalue weighted by Gasteiger charge is -2.21. The molecule has 0 saturated carbocycles. The van der Waals surface area contributed by atoms with Crippen LogP contribution in [0.5, 0.6) is 0 Å². The van der Waals surface area contributed by atoms with Gasteiger partial charge in [-0.15, -0.1) is 12.4 Å². The van der Waals surface area contributed by atoms with Crippen LogP contribution < -0.4 is 5.32 Å². The summed E-state index contributed by atoms with van der Waals surface area (Å²) in [4.78, 5) is 0. The average molecular weight is 367 g/mol. The molecule has 0 aliphatic heterocycles. The Labute approximate surface area is 156 Å². The van der Waals surface area contributed by atoms with Gasteiger partial charge in [0.1, 0.15) is 0 Å². The first-order chi connectivity index (χ1) is 11.6. The van der Waals surface area contributed by atoms with Crippen LogP contribution in [0.15, 0.2) is 18.2 Å². The number of fused-ring (bicyclic) bond motifs is 3. The Morgan fingerprint density at radius 2 is 2.00 bits per heavy atom. The standard InChI is InChI=1S/C20H30N2O2.ClH/c1-3-15(13-23)21-11-16(24)12-22-19-7-5-4-6-17(19)18-10-14(2)8-9-20(18)22;/h8-10,15-16,21,23-24H,3-7,11-13H2,1-2H3;1H. The maximum atomic E-state index is 10.5. The maximum Gasteiger partial charge on any atom is 0.0843 e. The first-order valence-electron chi connectivity index (χ1n) is 9.27. The second-order valence-electron chi connectivity index (χ2n) is 7.11. The largest absolute Gasteiger partial charge is 0.395 e. The van der Waals surface area contributed by atoms with E-state index in [9.17, 15) is 10.2 Å². The predicted octanol–water partition coefficient (Wildman–Crippen LogP) is 2.97. The van der Waals surface area contributed by atoms with Crippen LogP contribution in [0.4, 0.5) is 0 Å². The zero-order chi connectivity index (χ0) is 17.1. The molecule has 2 unspecified atom stereocenters. The first kappa shape index (κ1) is 20.2. The molecule has 1 heterocycles. The molecule has 0 spiro atoms. The fourth-order valence-electron chi connectivity index (χ4n) is 3.87. The van der Waals surface area contributed by atoms with Gasteiger partial charge >= 0.3 is 0 Å². The lowest BCUT2D eigenvalue weighted by atomic mass is 9.95. The molecule has 0 amide bonds. The molecular formula is C20H31ClN2O2. The van der Waals surface area contributed by atoms with Gasteiger partial charge in [-0.05, 0) is 56.7 Å². The highest BCUT2D eigenvalue weighted by atomic mass is 35.5. The van der Waals surface area contributed by atoms with Gasteiger partial charge in [-0.25, -0.2) is 0 Å². The van der Waals surface area contributed by atoms with Crippen LogP contribution in [0.25, 0.3) is 10.9 Å². The molecule has 1 aromatic carbocycles. The molecule has 25 heavy (non-hydrogen) atoms. The van der Waals surface area contributed by atoms with Gasteiger partial charge in [-0.2, -0.15) is 0 Å². The number of hydrogen-bond donors (Lipinski definition) is 3. The van der Waals surface area contributed by atoms with Gasteiger partial charge in [0.15, 0.2) is 0 Å². The Bertz CT molecular complexity index is 695. The second kappa shape index (κ2) is 9.04. The van der Waals surface area contributed by atoms with Crippen molar-refractivity contribution in [2.45, 2.75) is 64.6 Å². The molecule has 2 atom stereocenters. The Morgan fingerprint density at radius 3 is 2.72 bits per heavy atom. The quantitative estimate of drug-likeness (QED) is 0.706. The Hall–Kier alpha value is -1.07. The summed E-state index contributed by atoms with van der Waals surface area (Å²) in [6.45, 7) is 5.43. The molecule has 0 radical (unpaired) electrons. The molecule has 0 saturated heterocycles. The molecule has 4 nitrogen and oxygen atoms in total. The highest BCUT2D eigenvalue weighted by molar-refractivity contribution is 5.86. The number of rotatable bonds is 7. The summed E-state index contributed by atoms with van der Waals surface area (Å²) < 4.78 is 2.33. The van der Waals surface area contributed by atoms with Crippen LogP contribution in [0, 0.1) is 6.92 Å². The maximum absolute atomic E-state index is 10.5. The van der Waals surface area contributed by atoms with Crippen LogP contribution in [0.2, 0.25) is 0 Å². The van der Waals surface area contributed by atoms with Gasteiger partial charge in [-0.1, -0.05) is 18.6 Å². The van der Waals surface area contributed by atoms with Crippen molar-refractivity contribution in [2.75, 3.05) is 13.2 Å². The number of aromatic nitrogens is 1. The monoisotopic (exact) mass is 366 g/mol. The van der Waals surface area contributed by atoms with Gasteiger partial charge in [0.25, 0.3) is 0 Å². The van der Waals surface area contributed by atoms with E-state index < -0.39 is 6.10 Å². The Morgan fingerprint density at radius 1 is 1.24 bits per heavy atom. The minimum Gasteiger partial charge on any atom is -0.395 e. The molecule has 0 fully saturated rings. The van der Waals surface area contributed by atoms with E-state index in [1.807, 2.05) is 6.92 Å². The second-order valence-corrected chi connectivity index (χ2v) is 7.11. The number of benzene rings is 1. The molecule has 1 aliphatic rings. The highest BCUT2D eigenvalue weighted by Gasteiger charge is 2.21. The summed E-state index contributed by atoms with van der Waals surface area (Å²) in [7, 11) is 0. The number of aryl methyl sites for hydroxylation is 2. The first-order valence-corrected chi connectivity index (χ1v) is 9.27. The molecule has 3 rings (SSSR count). The number of halogens is 1. The van der Waals surface area contributed by atoms with E-state index in [2.05, 4.69) is 35.0 Å². The van der Waals surface area contributed by atoms with E-state index >= 15 is 0 Å². The predicted molar refractivity (Wildman–Crippen MR) is 106 cm³/mol. The lowest BCUT2D eigenvalue weighted by molar-refractivity contribution is 0.139. The molecule has 0 bridgehead atoms. The lowest BCUT2D eigenvalue weighted by Crippen LogP contribution is -2.39. The summed E-state index contributed by atoms with van der Waals surface area (Å²) in [5.74, 6) is 0. The SMILES string of the molecule is CCC(CO)NCC(O)Cn1c2c(c3cc(C)ccc31)CCCC2.Cl. The highest BCUT2D eigenvalue weighted by Crippen LogP contribution is 2.33. The van der Waals surface area contributed by atoms with Crippen LogP contribution in [-0.4, -0.2) is 40.1 Å². The average Bonchev–Trinajstić information content (AvgIpc) is 2.89. The van der Waals surface area contributed by atoms with Crippen molar-refractivity contribution in [3.8, 4) is 0 Å². The van der Waals surface area contributed by atoms with E-state index in [4.69, 9.17) is 0 Å². The molecular weight excluding hydrogens is 336 g/mol. The van der Waals surface area contributed by atoms with Crippen molar-refractivity contribution in [2.24, 2.45) is 0 Å². The zero-order valence-corrected chi connectivity index (χ0v) is 16.1. The number of aliphatic hydroxyl groups excluding tert-OH is 2. The van der Waals surface area contributed by atoms with E-state index in [0.29, 0.717) is 13.1 Å². The van der Waals surface area contributed by atoms with Crippen molar-refractivity contribution in [3.05, 3.63) is 35.0 Å². The zero-order valence-electron chi connectivity index (χ0n) is 15.3. The third-order valence-electron chi connectivity index (χ3n) is 5.28. The summed E-state index contributed by atoms with van der Waals surface area (Å²) in [6, 6.07) is 6.72. The Balaban J connectivity index is 0.00000225. The summed E-state index contributed by atoms with van der Waals surface area (Å²) >= 11 is 0. The van der Waals surface area contributed by atoms with E-state index in [1.54, 1.807) is 0 Å². The fourth-order valence-corrected chi connectivity index (χ4v) is 3.87. The molecule has 1 aromatic heterocycles. The molecule has 2 aromatic rings. The molecule has 3 N–H and O–H groups in total. The topological polar surface area (TPSA) is 57.4 Å². The van der Waals surface area contributed by atoms with Crippen LogP contribution >= 0.6 is 12.4 Å². The number of aliphatic hydroxyl groups is 2. The van der Waals surface area contributed by atoms with Crippen molar-refractivity contribution < 1.29 is 10.2 Å². The van der Waals surface area contributed by atoms with Crippen molar-refractivity contribution >= 4 is 23.3 Å². The third-order valence-corrected chi connectivity index (χ3v) is 5.28. The van der Waals surface area contributed by atoms with Crippen molar-refractivity contribution in [1.29, 1.82) is 0 Å². The van der Waals surface area contributed by atoms with Crippen molar-refractivity contribution in [1.82, 2.24) is 9.88 Å². The van der Waals surface area contributed by atoms with Gasteiger partial charge in [0.2, 0.25) is 0 Å². The smallest absolute Gasteiger partial charge is 0.0843 e. The van der Waals surface area contributed by atoms with Gasteiger partial charge in [0, 0.05) is 29.2 Å². The minimum absolute atomic E-state index is 0. The van der Waals surface area contributed by atoms with E-state index in [1.165, 1.54) is 40.6 Å². The van der Waals surface area contributed by atoms with Gasteiger partial charge in [0.05, 0.1) is 19.3 Å².